The van der Waals surface area contributed by atoms with Crippen molar-refractivity contribution in [1.82, 2.24) is 14.8 Å². The van der Waals surface area contributed by atoms with E-state index >= 15 is 0 Å². The van der Waals surface area contributed by atoms with Crippen molar-refractivity contribution < 1.29 is 9.90 Å². The summed E-state index contributed by atoms with van der Waals surface area (Å²) in [5.41, 5.74) is 1.73. The molecule has 0 aliphatic carbocycles. The summed E-state index contributed by atoms with van der Waals surface area (Å²) >= 11 is 6.18. The van der Waals surface area contributed by atoms with E-state index < -0.39 is 11.5 Å². The highest BCUT2D eigenvalue weighted by Crippen LogP contribution is 2.19. The first-order valence-corrected chi connectivity index (χ1v) is 8.57. The second-order valence-corrected chi connectivity index (χ2v) is 6.26. The molecule has 2 N–H and O–H groups in total. The van der Waals surface area contributed by atoms with Crippen LogP contribution in [0.5, 0.6) is 0 Å². The average Bonchev–Trinajstić information content (AvgIpc) is 2.96. The number of carboxylic acid groups (broad SMARTS) is 1. The summed E-state index contributed by atoms with van der Waals surface area (Å²) in [6.45, 7) is 1.96. The Bertz CT molecular complexity index is 1050. The predicted octanol–water partition coefficient (Wildman–Crippen LogP) is 2.85. The second kappa shape index (κ2) is 8.01. The number of para-hydroxylation sites is 1. The van der Waals surface area contributed by atoms with Crippen LogP contribution >= 0.6 is 11.6 Å². The molecule has 8 heteroatoms. The number of carbonyl (C=O) groups is 1. The Balaban J connectivity index is 2.06. The van der Waals surface area contributed by atoms with E-state index in [-0.39, 0.29) is 24.2 Å². The van der Waals surface area contributed by atoms with Gasteiger partial charge < -0.3 is 5.11 Å². The van der Waals surface area contributed by atoms with Gasteiger partial charge in [-0.1, -0.05) is 29.8 Å². The SMILES string of the molecule is CC(=NCc1ccccn1)c1c(CC(=O)O)[nH]n(-c2ccccc2Cl)c1=O. The van der Waals surface area contributed by atoms with E-state index in [0.29, 0.717) is 16.4 Å². The first-order valence-electron chi connectivity index (χ1n) is 8.19. The number of H-pyrrole nitrogens is 1. The van der Waals surface area contributed by atoms with Gasteiger partial charge in [0.05, 0.1) is 40.6 Å². The molecule has 0 radical (unpaired) electrons. The molecule has 138 valence electrons. The molecule has 0 atom stereocenters. The van der Waals surface area contributed by atoms with Gasteiger partial charge in [0.2, 0.25) is 0 Å². The van der Waals surface area contributed by atoms with Crippen molar-refractivity contribution >= 4 is 23.3 Å². The van der Waals surface area contributed by atoms with Crippen LogP contribution in [0.1, 0.15) is 23.9 Å². The number of aliphatic imine (C=N–C) groups is 1. The van der Waals surface area contributed by atoms with Crippen LogP contribution in [0.3, 0.4) is 0 Å². The van der Waals surface area contributed by atoms with Crippen molar-refractivity contribution in [2.45, 2.75) is 19.9 Å². The minimum Gasteiger partial charge on any atom is -0.481 e. The third kappa shape index (κ3) is 4.15. The van der Waals surface area contributed by atoms with Gasteiger partial charge in [0, 0.05) is 11.9 Å². The number of benzene rings is 1. The number of nitrogens with one attached hydrogen (secondary N) is 1. The lowest BCUT2D eigenvalue weighted by Gasteiger charge is -2.03. The smallest absolute Gasteiger partial charge is 0.309 e. The molecule has 27 heavy (non-hydrogen) atoms. The molecule has 7 nitrogen and oxygen atoms in total. The third-order valence-electron chi connectivity index (χ3n) is 3.95. The highest BCUT2D eigenvalue weighted by atomic mass is 35.5. The maximum Gasteiger partial charge on any atom is 0.309 e. The Morgan fingerprint density at radius 3 is 2.67 bits per heavy atom. The zero-order valence-electron chi connectivity index (χ0n) is 14.5. The monoisotopic (exact) mass is 384 g/mol. The maximum atomic E-state index is 13.0. The molecule has 2 aromatic heterocycles. The number of aliphatic carboxylic acids is 1. The lowest BCUT2D eigenvalue weighted by Crippen LogP contribution is -2.20. The van der Waals surface area contributed by atoms with Crippen LogP contribution in [-0.4, -0.2) is 31.6 Å². The van der Waals surface area contributed by atoms with Crippen LogP contribution in [0.4, 0.5) is 0 Å². The van der Waals surface area contributed by atoms with Gasteiger partial charge in [-0.2, -0.15) is 0 Å². The summed E-state index contributed by atoms with van der Waals surface area (Å²) in [5, 5.41) is 12.4. The number of hydrogen-bond donors (Lipinski definition) is 2. The molecule has 1 aromatic carbocycles. The standard InChI is InChI=1S/C19H17ClN4O3/c1-12(22-11-13-6-4-5-9-21-13)18-15(10-17(25)26)23-24(19(18)27)16-8-3-2-7-14(16)20/h2-9,23H,10-11H2,1H3,(H,25,26). The zero-order valence-corrected chi connectivity index (χ0v) is 15.3. The Labute approximate surface area is 160 Å². The van der Waals surface area contributed by atoms with E-state index in [0.717, 1.165) is 5.69 Å². The molecule has 3 aromatic rings. The van der Waals surface area contributed by atoms with Gasteiger partial charge in [0.1, 0.15) is 0 Å². The maximum absolute atomic E-state index is 13.0. The van der Waals surface area contributed by atoms with Crippen molar-refractivity contribution in [3.05, 3.63) is 81.0 Å². The first-order chi connectivity index (χ1) is 13.0. The number of rotatable bonds is 6. The van der Waals surface area contributed by atoms with E-state index in [1.54, 1.807) is 43.5 Å². The molecule has 0 unspecified atom stereocenters. The van der Waals surface area contributed by atoms with E-state index in [9.17, 15) is 14.7 Å². The van der Waals surface area contributed by atoms with Gasteiger partial charge in [0.25, 0.3) is 5.56 Å². The van der Waals surface area contributed by atoms with Crippen LogP contribution in [0.2, 0.25) is 5.02 Å². The molecule has 0 amide bonds. The van der Waals surface area contributed by atoms with Crippen molar-refractivity contribution in [1.29, 1.82) is 0 Å². The summed E-state index contributed by atoms with van der Waals surface area (Å²) in [5.74, 6) is -1.05. The van der Waals surface area contributed by atoms with Gasteiger partial charge in [-0.15, -0.1) is 0 Å². The lowest BCUT2D eigenvalue weighted by atomic mass is 10.1. The summed E-state index contributed by atoms with van der Waals surface area (Å²) in [4.78, 5) is 32.8. The fourth-order valence-corrected chi connectivity index (χ4v) is 2.93. The van der Waals surface area contributed by atoms with Gasteiger partial charge in [0.15, 0.2) is 0 Å². The number of hydrogen-bond acceptors (Lipinski definition) is 4. The normalized spacial score (nSPS) is 11.6. The lowest BCUT2D eigenvalue weighted by molar-refractivity contribution is -0.136. The Hall–Kier alpha value is -3.19. The summed E-state index contributed by atoms with van der Waals surface area (Å²) in [6, 6.07) is 12.3. The second-order valence-electron chi connectivity index (χ2n) is 5.85. The number of aromatic nitrogens is 3. The number of nitrogens with zero attached hydrogens (tertiary/aromatic N) is 3. The minimum atomic E-state index is -1.05. The topological polar surface area (TPSA) is 100 Å². The van der Waals surface area contributed by atoms with Crippen LogP contribution in [-0.2, 0) is 17.8 Å². The third-order valence-corrected chi connectivity index (χ3v) is 4.27. The van der Waals surface area contributed by atoms with Crippen LogP contribution in [0.25, 0.3) is 5.69 Å². The summed E-state index contributed by atoms with van der Waals surface area (Å²) < 4.78 is 1.25. The highest BCUT2D eigenvalue weighted by molar-refractivity contribution is 6.32. The molecule has 2 heterocycles. The molecule has 0 aliphatic heterocycles. The summed E-state index contributed by atoms with van der Waals surface area (Å²) in [6.07, 6.45) is 1.33. The number of pyridine rings is 1. The number of halogens is 1. The van der Waals surface area contributed by atoms with Crippen molar-refractivity contribution in [2.24, 2.45) is 4.99 Å². The average molecular weight is 385 g/mol. The van der Waals surface area contributed by atoms with E-state index in [2.05, 4.69) is 15.1 Å². The van der Waals surface area contributed by atoms with Gasteiger partial charge in [-0.25, -0.2) is 4.68 Å². The molecule has 0 saturated heterocycles. The molecule has 0 bridgehead atoms. The largest absolute Gasteiger partial charge is 0.481 e. The molecular weight excluding hydrogens is 368 g/mol. The van der Waals surface area contributed by atoms with Crippen LogP contribution < -0.4 is 5.56 Å². The molecule has 0 aliphatic rings. The fourth-order valence-electron chi connectivity index (χ4n) is 2.71. The van der Waals surface area contributed by atoms with Gasteiger partial charge >= 0.3 is 5.97 Å². The molecular formula is C19H17ClN4O3. The van der Waals surface area contributed by atoms with Crippen molar-refractivity contribution in [3.63, 3.8) is 0 Å². The molecule has 0 spiro atoms. The van der Waals surface area contributed by atoms with Crippen LogP contribution in [0.15, 0.2) is 58.4 Å². The van der Waals surface area contributed by atoms with E-state index in [1.165, 1.54) is 4.68 Å². The van der Waals surface area contributed by atoms with Crippen LogP contribution in [0, 0.1) is 0 Å². The highest BCUT2D eigenvalue weighted by Gasteiger charge is 2.20. The zero-order chi connectivity index (χ0) is 19.4. The Kier molecular flexibility index (Phi) is 5.52. The van der Waals surface area contributed by atoms with E-state index in [1.807, 2.05) is 12.1 Å². The Morgan fingerprint density at radius 2 is 2.00 bits per heavy atom. The predicted molar refractivity (Wildman–Crippen MR) is 103 cm³/mol. The minimum absolute atomic E-state index is 0.230. The van der Waals surface area contributed by atoms with Crippen molar-refractivity contribution in [3.8, 4) is 5.69 Å². The number of aromatic amines is 1. The van der Waals surface area contributed by atoms with Gasteiger partial charge in [-0.05, 0) is 31.2 Å². The molecule has 3 rings (SSSR count). The quantitative estimate of drug-likeness (QED) is 0.638. The van der Waals surface area contributed by atoms with Gasteiger partial charge in [-0.3, -0.25) is 24.7 Å². The summed E-state index contributed by atoms with van der Waals surface area (Å²) in [7, 11) is 0. The molecule has 0 fully saturated rings. The molecule has 0 saturated carbocycles. The first kappa shape index (κ1) is 18.6. The van der Waals surface area contributed by atoms with E-state index in [4.69, 9.17) is 11.6 Å². The van der Waals surface area contributed by atoms with Crippen molar-refractivity contribution in [2.75, 3.05) is 0 Å². The fraction of sp³-hybridized carbons (Fsp3) is 0.158. The Morgan fingerprint density at radius 1 is 1.26 bits per heavy atom. The number of carboxylic acids is 1.